The van der Waals surface area contributed by atoms with Crippen molar-refractivity contribution in [3.8, 4) is 0 Å². The lowest BCUT2D eigenvalue weighted by molar-refractivity contribution is 0.0496. The van der Waals surface area contributed by atoms with E-state index >= 15 is 0 Å². The van der Waals surface area contributed by atoms with Crippen LogP contribution in [0.4, 0.5) is 4.79 Å². The molecule has 0 fully saturated rings. The Labute approximate surface area is 98.7 Å². The number of carbonyl (C=O) groups is 1. The van der Waals surface area contributed by atoms with Crippen LogP contribution in [0.5, 0.6) is 0 Å². The summed E-state index contributed by atoms with van der Waals surface area (Å²) >= 11 is 0. The second kappa shape index (κ2) is 6.09. The minimum atomic E-state index is -0.444. The van der Waals surface area contributed by atoms with Crippen LogP contribution in [-0.4, -0.2) is 32.0 Å². The zero-order valence-electron chi connectivity index (χ0n) is 11.3. The molecule has 0 aliphatic heterocycles. The third-order valence-corrected chi connectivity index (χ3v) is 2.09. The van der Waals surface area contributed by atoms with Crippen molar-refractivity contribution >= 4 is 6.09 Å². The molecule has 0 atom stereocenters. The predicted octanol–water partition coefficient (Wildman–Crippen LogP) is 2.57. The molecule has 0 unspecified atom stereocenters. The Bertz CT molecular complexity index is 219. The number of ether oxygens (including phenoxy) is 2. The SMILES string of the molecule is COCCC(C)(C)CNC(=O)OC(C)(C)C. The van der Waals surface area contributed by atoms with Crippen LogP contribution >= 0.6 is 0 Å². The van der Waals surface area contributed by atoms with Crippen molar-refractivity contribution < 1.29 is 14.3 Å². The van der Waals surface area contributed by atoms with Gasteiger partial charge in [0, 0.05) is 20.3 Å². The molecule has 96 valence electrons. The van der Waals surface area contributed by atoms with Crippen molar-refractivity contribution in [3.63, 3.8) is 0 Å². The quantitative estimate of drug-likeness (QED) is 0.791. The second-order valence-electron chi connectivity index (χ2n) is 5.76. The topological polar surface area (TPSA) is 47.6 Å². The number of hydrogen-bond acceptors (Lipinski definition) is 3. The Kier molecular flexibility index (Phi) is 5.79. The molecule has 0 saturated carbocycles. The molecule has 0 aromatic carbocycles. The molecule has 0 bridgehead atoms. The lowest BCUT2D eigenvalue weighted by atomic mass is 9.90. The van der Waals surface area contributed by atoms with Gasteiger partial charge in [-0.2, -0.15) is 0 Å². The average molecular weight is 231 g/mol. The summed E-state index contributed by atoms with van der Waals surface area (Å²) in [5.74, 6) is 0. The molecular formula is C12H25NO3. The van der Waals surface area contributed by atoms with Crippen molar-refractivity contribution in [2.45, 2.75) is 46.6 Å². The third-order valence-electron chi connectivity index (χ3n) is 2.09. The number of nitrogens with one attached hydrogen (secondary N) is 1. The van der Waals surface area contributed by atoms with Crippen LogP contribution in [0.25, 0.3) is 0 Å². The van der Waals surface area contributed by atoms with Gasteiger partial charge in [0.25, 0.3) is 0 Å². The fourth-order valence-electron chi connectivity index (χ4n) is 1.09. The van der Waals surface area contributed by atoms with E-state index in [4.69, 9.17) is 9.47 Å². The highest BCUT2D eigenvalue weighted by molar-refractivity contribution is 5.67. The second-order valence-corrected chi connectivity index (χ2v) is 5.76. The molecule has 0 heterocycles. The van der Waals surface area contributed by atoms with Crippen LogP contribution < -0.4 is 5.32 Å². The maximum atomic E-state index is 11.4. The first-order chi connectivity index (χ1) is 7.16. The van der Waals surface area contributed by atoms with Gasteiger partial charge in [0.2, 0.25) is 0 Å². The number of methoxy groups -OCH3 is 1. The molecule has 16 heavy (non-hydrogen) atoms. The van der Waals surface area contributed by atoms with Gasteiger partial charge in [-0.15, -0.1) is 0 Å². The summed E-state index contributed by atoms with van der Waals surface area (Å²) in [7, 11) is 1.68. The van der Waals surface area contributed by atoms with Gasteiger partial charge in [0.05, 0.1) is 0 Å². The van der Waals surface area contributed by atoms with Gasteiger partial charge in [-0.25, -0.2) is 4.79 Å². The van der Waals surface area contributed by atoms with Crippen LogP contribution in [0, 0.1) is 5.41 Å². The zero-order valence-corrected chi connectivity index (χ0v) is 11.3. The summed E-state index contributed by atoms with van der Waals surface area (Å²) in [6.45, 7) is 11.0. The fraction of sp³-hybridized carbons (Fsp3) is 0.917. The molecular weight excluding hydrogens is 206 g/mol. The minimum Gasteiger partial charge on any atom is -0.444 e. The molecule has 1 amide bonds. The average Bonchev–Trinajstić information content (AvgIpc) is 2.09. The zero-order chi connectivity index (χ0) is 12.8. The first kappa shape index (κ1) is 15.2. The van der Waals surface area contributed by atoms with Gasteiger partial charge < -0.3 is 14.8 Å². The molecule has 1 N–H and O–H groups in total. The van der Waals surface area contributed by atoms with Crippen molar-refractivity contribution in [1.82, 2.24) is 5.32 Å². The summed E-state index contributed by atoms with van der Waals surface area (Å²) in [5.41, 5.74) is -0.423. The molecule has 0 saturated heterocycles. The third kappa shape index (κ3) is 8.53. The fourth-order valence-corrected chi connectivity index (χ4v) is 1.09. The molecule has 0 aliphatic carbocycles. The summed E-state index contributed by atoms with van der Waals surface area (Å²) < 4.78 is 10.2. The van der Waals surface area contributed by atoms with E-state index in [0.29, 0.717) is 13.2 Å². The van der Waals surface area contributed by atoms with E-state index < -0.39 is 5.60 Å². The minimum absolute atomic E-state index is 0.0207. The van der Waals surface area contributed by atoms with Gasteiger partial charge in [-0.3, -0.25) is 0 Å². The lowest BCUT2D eigenvalue weighted by Gasteiger charge is -2.26. The van der Waals surface area contributed by atoms with Gasteiger partial charge in [-0.05, 0) is 32.6 Å². The Hall–Kier alpha value is -0.770. The molecule has 4 heteroatoms. The molecule has 4 nitrogen and oxygen atoms in total. The van der Waals surface area contributed by atoms with Crippen molar-refractivity contribution in [2.75, 3.05) is 20.3 Å². The van der Waals surface area contributed by atoms with Crippen molar-refractivity contribution in [3.05, 3.63) is 0 Å². The Balaban J connectivity index is 3.90. The maximum Gasteiger partial charge on any atom is 0.407 e. The highest BCUT2D eigenvalue weighted by Crippen LogP contribution is 2.19. The van der Waals surface area contributed by atoms with Gasteiger partial charge in [0.1, 0.15) is 5.60 Å². The first-order valence-electron chi connectivity index (χ1n) is 5.62. The normalized spacial score (nSPS) is 12.4. The summed E-state index contributed by atoms with van der Waals surface area (Å²) in [5, 5.41) is 2.77. The highest BCUT2D eigenvalue weighted by atomic mass is 16.6. The van der Waals surface area contributed by atoms with E-state index in [0.717, 1.165) is 6.42 Å². The molecule has 0 spiro atoms. The van der Waals surface area contributed by atoms with Gasteiger partial charge >= 0.3 is 6.09 Å². The van der Waals surface area contributed by atoms with E-state index in [1.165, 1.54) is 0 Å². The number of rotatable bonds is 5. The Morgan fingerprint density at radius 3 is 2.19 bits per heavy atom. The maximum absolute atomic E-state index is 11.4. The van der Waals surface area contributed by atoms with Crippen molar-refractivity contribution in [1.29, 1.82) is 0 Å². The van der Waals surface area contributed by atoms with Gasteiger partial charge in [0.15, 0.2) is 0 Å². The van der Waals surface area contributed by atoms with Crippen LogP contribution in [-0.2, 0) is 9.47 Å². The predicted molar refractivity (Wildman–Crippen MR) is 64.5 cm³/mol. The number of carbonyl (C=O) groups excluding carboxylic acids is 1. The summed E-state index contributed by atoms with van der Waals surface area (Å²) in [6, 6.07) is 0. The number of alkyl carbamates (subject to hydrolysis) is 1. The van der Waals surface area contributed by atoms with Crippen LogP contribution in [0.15, 0.2) is 0 Å². The number of hydrogen-bond donors (Lipinski definition) is 1. The monoisotopic (exact) mass is 231 g/mol. The van der Waals surface area contributed by atoms with E-state index in [1.807, 2.05) is 20.8 Å². The molecule has 0 aromatic heterocycles. The molecule has 0 rings (SSSR count). The van der Waals surface area contributed by atoms with E-state index in [1.54, 1.807) is 7.11 Å². The summed E-state index contributed by atoms with van der Waals surface area (Å²) in [6.07, 6.45) is 0.539. The number of amides is 1. The van der Waals surface area contributed by atoms with E-state index in [2.05, 4.69) is 19.2 Å². The molecule has 0 aliphatic rings. The Morgan fingerprint density at radius 1 is 1.19 bits per heavy atom. The van der Waals surface area contributed by atoms with E-state index in [-0.39, 0.29) is 11.5 Å². The standard InChI is InChI=1S/C12H25NO3/c1-11(2,3)16-10(14)13-9-12(4,5)7-8-15-6/h7-9H2,1-6H3,(H,13,14). The Morgan fingerprint density at radius 2 is 1.75 bits per heavy atom. The van der Waals surface area contributed by atoms with Crippen LogP contribution in [0.3, 0.4) is 0 Å². The van der Waals surface area contributed by atoms with Crippen LogP contribution in [0.1, 0.15) is 41.0 Å². The largest absolute Gasteiger partial charge is 0.444 e. The highest BCUT2D eigenvalue weighted by Gasteiger charge is 2.21. The molecule has 0 aromatic rings. The first-order valence-corrected chi connectivity index (χ1v) is 5.62. The van der Waals surface area contributed by atoms with Crippen LogP contribution in [0.2, 0.25) is 0 Å². The van der Waals surface area contributed by atoms with E-state index in [9.17, 15) is 4.79 Å². The van der Waals surface area contributed by atoms with Gasteiger partial charge in [-0.1, -0.05) is 13.8 Å². The van der Waals surface area contributed by atoms with Crippen molar-refractivity contribution in [2.24, 2.45) is 5.41 Å². The lowest BCUT2D eigenvalue weighted by Crippen LogP contribution is -2.38. The summed E-state index contributed by atoms with van der Waals surface area (Å²) in [4.78, 5) is 11.4. The smallest absolute Gasteiger partial charge is 0.407 e. The molecule has 0 radical (unpaired) electrons.